The third-order valence-electron chi connectivity index (χ3n) is 2.46. The van der Waals surface area contributed by atoms with Gasteiger partial charge in [-0.1, -0.05) is 35.6 Å². The fourth-order valence-electron chi connectivity index (χ4n) is 1.53. The van der Waals surface area contributed by atoms with Gasteiger partial charge in [-0.25, -0.2) is 0 Å². The van der Waals surface area contributed by atoms with E-state index in [-0.39, 0.29) is 0 Å². The molecule has 1 aromatic carbocycles. The van der Waals surface area contributed by atoms with Crippen molar-refractivity contribution < 1.29 is 4.79 Å². The van der Waals surface area contributed by atoms with E-state index in [4.69, 9.17) is 0 Å². The Bertz CT molecular complexity index is 658. The summed E-state index contributed by atoms with van der Waals surface area (Å²) >= 11 is 1.49. The highest BCUT2D eigenvalue weighted by atomic mass is 32.1. The molecule has 5 nitrogen and oxygen atoms in total. The van der Waals surface area contributed by atoms with E-state index in [0.717, 1.165) is 27.4 Å². The molecular formula is C12H8N4OS. The predicted octanol–water partition coefficient (Wildman–Crippen LogP) is 2.41. The van der Waals surface area contributed by atoms with Gasteiger partial charge in [0.1, 0.15) is 11.3 Å². The molecule has 6 heteroatoms. The molecule has 0 aliphatic carbocycles. The van der Waals surface area contributed by atoms with Crippen molar-refractivity contribution in [3.8, 4) is 21.1 Å². The second-order valence-corrected chi connectivity index (χ2v) is 4.62. The van der Waals surface area contributed by atoms with Crippen molar-refractivity contribution in [2.24, 2.45) is 0 Å². The van der Waals surface area contributed by atoms with Crippen molar-refractivity contribution in [1.82, 2.24) is 20.4 Å². The third-order valence-corrected chi connectivity index (χ3v) is 3.49. The van der Waals surface area contributed by atoms with Crippen molar-refractivity contribution in [2.75, 3.05) is 0 Å². The summed E-state index contributed by atoms with van der Waals surface area (Å²) in [5.74, 6) is 0. The summed E-state index contributed by atoms with van der Waals surface area (Å²) in [5, 5.41) is 16.5. The van der Waals surface area contributed by atoms with Gasteiger partial charge in [0.2, 0.25) is 0 Å². The number of carbonyl (C=O) groups is 1. The van der Waals surface area contributed by atoms with Crippen LogP contribution in [0.3, 0.4) is 0 Å². The first-order valence-electron chi connectivity index (χ1n) is 5.25. The van der Waals surface area contributed by atoms with Gasteiger partial charge in [-0.05, 0) is 0 Å². The Hall–Kier alpha value is -2.34. The Morgan fingerprint density at radius 3 is 2.39 bits per heavy atom. The van der Waals surface area contributed by atoms with Crippen molar-refractivity contribution >= 4 is 17.6 Å². The van der Waals surface area contributed by atoms with Gasteiger partial charge < -0.3 is 0 Å². The maximum absolute atomic E-state index is 10.6. The van der Waals surface area contributed by atoms with Gasteiger partial charge in [0.05, 0.1) is 11.8 Å². The Morgan fingerprint density at radius 1 is 1.06 bits per heavy atom. The number of H-pyrrole nitrogens is 1. The second-order valence-electron chi connectivity index (χ2n) is 3.64. The number of aromatic amines is 1. The quantitative estimate of drug-likeness (QED) is 0.730. The van der Waals surface area contributed by atoms with E-state index in [0.29, 0.717) is 5.56 Å². The Balaban J connectivity index is 1.95. The Morgan fingerprint density at radius 2 is 1.78 bits per heavy atom. The lowest BCUT2D eigenvalue weighted by Crippen LogP contribution is -1.80. The lowest BCUT2D eigenvalue weighted by Gasteiger charge is -1.94. The number of nitrogens with one attached hydrogen (secondary N) is 1. The van der Waals surface area contributed by atoms with Gasteiger partial charge in [-0.2, -0.15) is 5.10 Å². The van der Waals surface area contributed by atoms with Gasteiger partial charge in [0.15, 0.2) is 5.01 Å². The number of rotatable bonds is 3. The van der Waals surface area contributed by atoms with Gasteiger partial charge in [-0.15, -0.1) is 10.2 Å². The highest BCUT2D eigenvalue weighted by Crippen LogP contribution is 2.29. The standard InChI is InChI=1S/C12H8N4OS/c17-7-8-1-3-9(4-2-8)11-15-16-12(18-11)10-5-13-14-6-10/h1-7H,(H,13,14). The molecule has 0 atom stereocenters. The summed E-state index contributed by atoms with van der Waals surface area (Å²) in [6.07, 6.45) is 4.31. The minimum Gasteiger partial charge on any atom is -0.298 e. The molecule has 0 saturated heterocycles. The summed E-state index contributed by atoms with van der Waals surface area (Å²) in [7, 11) is 0. The molecule has 2 heterocycles. The molecule has 0 aliphatic heterocycles. The first kappa shape index (κ1) is 10.8. The SMILES string of the molecule is O=Cc1ccc(-c2nnc(-c3cn[nH]c3)s2)cc1. The monoisotopic (exact) mass is 256 g/mol. The van der Waals surface area contributed by atoms with Crippen molar-refractivity contribution in [1.29, 1.82) is 0 Å². The van der Waals surface area contributed by atoms with Crippen LogP contribution in [0.2, 0.25) is 0 Å². The molecule has 3 aromatic rings. The van der Waals surface area contributed by atoms with E-state index in [1.54, 1.807) is 24.5 Å². The Labute approximate surface area is 107 Å². The minimum absolute atomic E-state index is 0.651. The van der Waals surface area contributed by atoms with Crippen LogP contribution in [0.1, 0.15) is 10.4 Å². The van der Waals surface area contributed by atoms with Crippen LogP contribution in [0.5, 0.6) is 0 Å². The van der Waals surface area contributed by atoms with Crippen LogP contribution in [-0.4, -0.2) is 26.7 Å². The van der Waals surface area contributed by atoms with Crippen LogP contribution in [0.4, 0.5) is 0 Å². The maximum atomic E-state index is 10.6. The van der Waals surface area contributed by atoms with Gasteiger partial charge in [0, 0.05) is 17.3 Å². The third kappa shape index (κ3) is 1.93. The van der Waals surface area contributed by atoms with Gasteiger partial charge >= 0.3 is 0 Å². The zero-order valence-electron chi connectivity index (χ0n) is 9.20. The number of nitrogens with zero attached hydrogens (tertiary/aromatic N) is 3. The molecule has 0 fully saturated rings. The molecule has 0 bridgehead atoms. The average Bonchev–Trinajstić information content (AvgIpc) is 3.09. The van der Waals surface area contributed by atoms with E-state index < -0.39 is 0 Å². The summed E-state index contributed by atoms with van der Waals surface area (Å²) in [4.78, 5) is 10.6. The first-order valence-corrected chi connectivity index (χ1v) is 6.07. The van der Waals surface area contributed by atoms with Gasteiger partial charge in [-0.3, -0.25) is 9.89 Å². The van der Waals surface area contributed by atoms with Crippen LogP contribution < -0.4 is 0 Å². The molecule has 1 N–H and O–H groups in total. The van der Waals surface area contributed by atoms with E-state index in [9.17, 15) is 4.79 Å². The average molecular weight is 256 g/mol. The largest absolute Gasteiger partial charge is 0.298 e. The molecule has 0 aliphatic rings. The molecule has 0 saturated carbocycles. The van der Waals surface area contributed by atoms with Gasteiger partial charge in [0.25, 0.3) is 0 Å². The van der Waals surface area contributed by atoms with E-state index in [1.165, 1.54) is 11.3 Å². The summed E-state index contributed by atoms with van der Waals surface area (Å²) in [6, 6.07) is 7.26. The van der Waals surface area contributed by atoms with Crippen LogP contribution in [0, 0.1) is 0 Å². The summed E-state index contributed by atoms with van der Waals surface area (Å²) < 4.78 is 0. The van der Waals surface area contributed by atoms with Crippen molar-refractivity contribution in [3.05, 3.63) is 42.2 Å². The fourth-order valence-corrected chi connectivity index (χ4v) is 2.36. The Kier molecular flexibility index (Phi) is 2.70. The lowest BCUT2D eigenvalue weighted by atomic mass is 10.2. The van der Waals surface area contributed by atoms with Crippen molar-refractivity contribution in [2.45, 2.75) is 0 Å². The maximum Gasteiger partial charge on any atom is 0.151 e. The zero-order chi connectivity index (χ0) is 12.4. The molecule has 0 unspecified atom stereocenters. The van der Waals surface area contributed by atoms with E-state index in [2.05, 4.69) is 20.4 Å². The van der Waals surface area contributed by atoms with E-state index in [1.807, 2.05) is 12.1 Å². The van der Waals surface area contributed by atoms with E-state index >= 15 is 0 Å². The number of hydrogen-bond acceptors (Lipinski definition) is 5. The summed E-state index contributed by atoms with van der Waals surface area (Å²) in [6.45, 7) is 0. The normalized spacial score (nSPS) is 10.4. The first-order chi connectivity index (χ1) is 8.86. The molecule has 0 amide bonds. The van der Waals surface area contributed by atoms with Crippen LogP contribution in [0.25, 0.3) is 21.1 Å². The molecular weight excluding hydrogens is 248 g/mol. The number of aldehydes is 1. The van der Waals surface area contributed by atoms with Crippen molar-refractivity contribution in [3.63, 3.8) is 0 Å². The highest BCUT2D eigenvalue weighted by molar-refractivity contribution is 7.17. The second kappa shape index (κ2) is 4.50. The topological polar surface area (TPSA) is 71.5 Å². The smallest absolute Gasteiger partial charge is 0.151 e. The molecule has 0 radical (unpaired) electrons. The minimum atomic E-state index is 0.651. The number of carbonyl (C=O) groups excluding carboxylic acids is 1. The lowest BCUT2D eigenvalue weighted by molar-refractivity contribution is 0.112. The summed E-state index contributed by atoms with van der Waals surface area (Å²) in [5.41, 5.74) is 2.52. The fraction of sp³-hybridized carbons (Fsp3) is 0. The molecule has 2 aromatic heterocycles. The number of benzene rings is 1. The van der Waals surface area contributed by atoms with Crippen LogP contribution in [0.15, 0.2) is 36.7 Å². The van der Waals surface area contributed by atoms with Crippen LogP contribution in [-0.2, 0) is 0 Å². The molecule has 18 heavy (non-hydrogen) atoms. The number of aromatic nitrogens is 4. The van der Waals surface area contributed by atoms with Crippen LogP contribution >= 0.6 is 11.3 Å². The molecule has 0 spiro atoms. The zero-order valence-corrected chi connectivity index (χ0v) is 10.0. The molecule has 3 rings (SSSR count). The predicted molar refractivity (Wildman–Crippen MR) is 68.3 cm³/mol. The number of hydrogen-bond donors (Lipinski definition) is 1. The molecule has 88 valence electrons. The highest BCUT2D eigenvalue weighted by Gasteiger charge is 2.09.